The Morgan fingerprint density at radius 1 is 0.976 bits per heavy atom. The lowest BCUT2D eigenvalue weighted by molar-refractivity contribution is 0.616. The van der Waals surface area contributed by atoms with Gasteiger partial charge in [0.1, 0.15) is 5.58 Å². The quantitative estimate of drug-likeness (QED) is 0.174. The maximum Gasteiger partial charge on any atom is 0.282 e. The highest BCUT2D eigenvalue weighted by molar-refractivity contribution is 9.10. The van der Waals surface area contributed by atoms with Crippen molar-refractivity contribution in [3.05, 3.63) is 111 Å². The Morgan fingerprint density at radius 3 is 2.49 bits per heavy atom. The van der Waals surface area contributed by atoms with Crippen LogP contribution in [-0.2, 0) is 0 Å². The van der Waals surface area contributed by atoms with Gasteiger partial charge in [0, 0.05) is 51.3 Å². The van der Waals surface area contributed by atoms with E-state index < -0.39 is 0 Å². The molecule has 3 aromatic carbocycles. The van der Waals surface area contributed by atoms with Gasteiger partial charge in [0.25, 0.3) is 5.56 Å². The Labute approximate surface area is 246 Å². The number of hydrogen-bond acceptors (Lipinski definition) is 5. The van der Waals surface area contributed by atoms with E-state index in [-0.39, 0.29) is 5.56 Å². The minimum absolute atomic E-state index is 0.260. The van der Waals surface area contributed by atoms with Crippen molar-refractivity contribution in [2.75, 3.05) is 18.0 Å². The minimum atomic E-state index is -0.260. The molecule has 3 aromatic heterocycles. The van der Waals surface area contributed by atoms with Gasteiger partial charge in [0.15, 0.2) is 5.76 Å². The molecule has 0 saturated heterocycles. The molecule has 0 atom stereocenters. The summed E-state index contributed by atoms with van der Waals surface area (Å²) >= 11 is 3.51. The van der Waals surface area contributed by atoms with E-state index in [2.05, 4.69) is 88.5 Å². The van der Waals surface area contributed by atoms with Crippen molar-refractivity contribution in [1.29, 1.82) is 0 Å². The number of hydrogen-bond donors (Lipinski definition) is 0. The van der Waals surface area contributed by atoms with Crippen molar-refractivity contribution in [2.24, 2.45) is 5.10 Å². The van der Waals surface area contributed by atoms with Gasteiger partial charge in [-0.15, -0.1) is 0 Å². The number of anilines is 1. The van der Waals surface area contributed by atoms with Crippen LogP contribution in [0.25, 0.3) is 39.1 Å². The van der Waals surface area contributed by atoms with Gasteiger partial charge in [0.05, 0.1) is 17.1 Å². The van der Waals surface area contributed by atoms with Crippen LogP contribution >= 0.6 is 15.9 Å². The van der Waals surface area contributed by atoms with Gasteiger partial charge < -0.3 is 13.9 Å². The normalized spacial score (nSPS) is 11.7. The molecule has 206 valence electrons. The third-order valence-electron chi connectivity index (χ3n) is 7.47. The Bertz CT molecular complexity index is 1980. The summed E-state index contributed by atoms with van der Waals surface area (Å²) < 4.78 is 10.6. The third-order valence-corrected chi connectivity index (χ3v) is 7.96. The molecule has 3 heterocycles. The van der Waals surface area contributed by atoms with Crippen LogP contribution in [0.3, 0.4) is 0 Å². The predicted molar refractivity (Wildman–Crippen MR) is 171 cm³/mol. The molecule has 6 aromatic rings. The Balaban J connectivity index is 1.44. The van der Waals surface area contributed by atoms with Crippen molar-refractivity contribution in [2.45, 2.75) is 27.7 Å². The molecule has 0 spiro atoms. The first-order valence-corrected chi connectivity index (χ1v) is 14.5. The zero-order valence-electron chi connectivity index (χ0n) is 23.4. The fourth-order valence-corrected chi connectivity index (χ4v) is 5.73. The number of fused-ring (bicyclic) bond motifs is 2. The van der Waals surface area contributed by atoms with Crippen molar-refractivity contribution >= 4 is 49.7 Å². The molecule has 0 aliphatic rings. The monoisotopic (exact) mass is 607 g/mol. The van der Waals surface area contributed by atoms with Crippen LogP contribution in [0.1, 0.15) is 30.8 Å². The average Bonchev–Trinajstić information content (AvgIpc) is 3.52. The molecule has 0 aliphatic carbocycles. The second kappa shape index (κ2) is 10.9. The number of para-hydroxylation sites is 1. The highest BCUT2D eigenvalue weighted by atomic mass is 79.9. The van der Waals surface area contributed by atoms with Crippen LogP contribution in [0.4, 0.5) is 5.69 Å². The number of halogens is 1. The number of furan rings is 1. The largest absolute Gasteiger partial charge is 0.453 e. The molecule has 7 nitrogen and oxygen atoms in total. The van der Waals surface area contributed by atoms with Crippen LogP contribution < -0.4 is 10.5 Å². The van der Waals surface area contributed by atoms with E-state index >= 15 is 0 Å². The van der Waals surface area contributed by atoms with E-state index in [4.69, 9.17) is 9.40 Å². The summed E-state index contributed by atoms with van der Waals surface area (Å²) in [5.41, 5.74) is 6.33. The molecule has 8 heteroatoms. The summed E-state index contributed by atoms with van der Waals surface area (Å²) in [6.07, 6.45) is 1.73. The standard InChI is InChI=1S/C33H30BrN5O2/c1-5-37(6-2)26-12-14-27(15-13-26)38-21(3)17-24(22(38)4)20-35-39-32(36-29-10-8-7-9-28(29)33(39)40)31-19-23-18-25(34)11-16-30(23)41-31/h7-20H,5-6H2,1-4H3. The van der Waals surface area contributed by atoms with E-state index in [1.807, 2.05) is 42.5 Å². The van der Waals surface area contributed by atoms with E-state index in [1.54, 1.807) is 12.3 Å². The first-order valence-electron chi connectivity index (χ1n) is 13.7. The molecular weight excluding hydrogens is 578 g/mol. The average molecular weight is 609 g/mol. The van der Waals surface area contributed by atoms with Gasteiger partial charge in [-0.1, -0.05) is 28.1 Å². The van der Waals surface area contributed by atoms with Gasteiger partial charge in [-0.25, -0.2) is 4.98 Å². The molecule has 0 bridgehead atoms. The fourth-order valence-electron chi connectivity index (χ4n) is 5.35. The van der Waals surface area contributed by atoms with Crippen LogP contribution in [-0.4, -0.2) is 33.5 Å². The van der Waals surface area contributed by atoms with Gasteiger partial charge in [-0.3, -0.25) is 4.79 Å². The Morgan fingerprint density at radius 2 is 1.73 bits per heavy atom. The third kappa shape index (κ3) is 4.89. The van der Waals surface area contributed by atoms with Crippen LogP contribution in [0.2, 0.25) is 0 Å². The predicted octanol–water partition coefficient (Wildman–Crippen LogP) is 7.71. The molecule has 6 rings (SSSR count). The summed E-state index contributed by atoms with van der Waals surface area (Å²) in [5, 5.41) is 6.08. The molecule has 0 N–H and O–H groups in total. The molecular formula is C33H30BrN5O2. The minimum Gasteiger partial charge on any atom is -0.453 e. The molecule has 41 heavy (non-hydrogen) atoms. The SMILES string of the molecule is CCN(CC)c1ccc(-n2c(C)cc(C=Nn3c(-c4cc5cc(Br)ccc5o4)nc4ccccc4c3=O)c2C)cc1. The first kappa shape index (κ1) is 26.8. The zero-order chi connectivity index (χ0) is 28.7. The van der Waals surface area contributed by atoms with Crippen LogP contribution in [0, 0.1) is 13.8 Å². The zero-order valence-corrected chi connectivity index (χ0v) is 25.0. The number of aromatic nitrogens is 3. The van der Waals surface area contributed by atoms with Crippen molar-refractivity contribution < 1.29 is 4.42 Å². The van der Waals surface area contributed by atoms with E-state index in [1.165, 1.54) is 10.4 Å². The van der Waals surface area contributed by atoms with Crippen molar-refractivity contribution in [3.8, 4) is 17.3 Å². The van der Waals surface area contributed by atoms with Gasteiger partial charge in [-0.05, 0) is 94.4 Å². The Hall–Kier alpha value is -4.43. The second-order valence-electron chi connectivity index (χ2n) is 9.96. The molecule has 0 radical (unpaired) electrons. The number of rotatable bonds is 7. The number of benzene rings is 3. The maximum absolute atomic E-state index is 13.7. The summed E-state index contributed by atoms with van der Waals surface area (Å²) in [5.74, 6) is 0.815. The lowest BCUT2D eigenvalue weighted by Crippen LogP contribution is -2.21. The smallest absolute Gasteiger partial charge is 0.282 e. The Kier molecular flexibility index (Phi) is 7.09. The highest BCUT2D eigenvalue weighted by Gasteiger charge is 2.17. The van der Waals surface area contributed by atoms with E-state index in [9.17, 15) is 4.79 Å². The maximum atomic E-state index is 13.7. The highest BCUT2D eigenvalue weighted by Crippen LogP contribution is 2.29. The van der Waals surface area contributed by atoms with Gasteiger partial charge in [-0.2, -0.15) is 9.78 Å². The van der Waals surface area contributed by atoms with Crippen LogP contribution in [0.5, 0.6) is 0 Å². The van der Waals surface area contributed by atoms with Crippen molar-refractivity contribution in [1.82, 2.24) is 14.2 Å². The molecule has 0 amide bonds. The summed E-state index contributed by atoms with van der Waals surface area (Å²) in [7, 11) is 0. The second-order valence-corrected chi connectivity index (χ2v) is 10.9. The lowest BCUT2D eigenvalue weighted by Gasteiger charge is -2.21. The lowest BCUT2D eigenvalue weighted by atomic mass is 10.2. The van der Waals surface area contributed by atoms with Crippen molar-refractivity contribution in [3.63, 3.8) is 0 Å². The topological polar surface area (TPSA) is 68.6 Å². The summed E-state index contributed by atoms with van der Waals surface area (Å²) in [6, 6.07) is 25.6. The number of nitrogens with zero attached hydrogens (tertiary/aromatic N) is 5. The summed E-state index contributed by atoms with van der Waals surface area (Å²) in [4.78, 5) is 20.8. The van der Waals surface area contributed by atoms with E-state index in [0.717, 1.165) is 45.6 Å². The molecule has 0 fully saturated rings. The molecule has 0 unspecified atom stereocenters. The molecule has 0 aliphatic heterocycles. The first-order chi connectivity index (χ1) is 19.9. The van der Waals surface area contributed by atoms with Gasteiger partial charge >= 0.3 is 0 Å². The number of aryl methyl sites for hydroxylation is 1. The van der Waals surface area contributed by atoms with Crippen LogP contribution in [0.15, 0.2) is 97.6 Å². The van der Waals surface area contributed by atoms with E-state index in [0.29, 0.717) is 28.1 Å². The molecule has 0 saturated carbocycles. The van der Waals surface area contributed by atoms with Gasteiger partial charge in [0.2, 0.25) is 5.82 Å². The summed E-state index contributed by atoms with van der Waals surface area (Å²) in [6.45, 7) is 10.4. The fraction of sp³-hybridized carbons (Fsp3) is 0.182.